The molecule has 73 heavy (non-hydrogen) atoms. The Morgan fingerprint density at radius 1 is 0.342 bits per heavy atom. The van der Waals surface area contributed by atoms with E-state index in [0.29, 0.717) is 0 Å². The number of nitrogens with zero attached hydrogens (tertiary/aromatic N) is 2. The number of benzene rings is 11. The fourth-order valence-electron chi connectivity index (χ4n) is 13.7. The zero-order valence-electron chi connectivity index (χ0n) is 40.4. The maximum absolute atomic E-state index is 6.64. The van der Waals surface area contributed by atoms with Crippen LogP contribution in [0.25, 0.3) is 93.9 Å². The molecule has 2 heterocycles. The van der Waals surface area contributed by atoms with E-state index in [1.807, 2.05) is 0 Å². The van der Waals surface area contributed by atoms with Gasteiger partial charge in [-0.3, -0.25) is 0 Å². The van der Waals surface area contributed by atoms with Crippen LogP contribution in [0.15, 0.2) is 247 Å². The first-order valence-electron chi connectivity index (χ1n) is 25.5. The van der Waals surface area contributed by atoms with Crippen LogP contribution in [0.2, 0.25) is 0 Å². The second kappa shape index (κ2) is 14.7. The van der Waals surface area contributed by atoms with Crippen molar-refractivity contribution in [3.05, 3.63) is 276 Å². The largest absolute Gasteiger partial charge is 0.456 e. The lowest BCUT2D eigenvalue weighted by molar-refractivity contribution is 0.660. The van der Waals surface area contributed by atoms with Gasteiger partial charge in [-0.1, -0.05) is 184 Å². The highest BCUT2D eigenvalue weighted by Gasteiger charge is 2.52. The molecule has 3 aliphatic rings. The normalized spacial score (nSPS) is 15.4. The van der Waals surface area contributed by atoms with Gasteiger partial charge in [0.2, 0.25) is 0 Å². The van der Waals surface area contributed by atoms with Crippen molar-refractivity contribution in [1.29, 1.82) is 0 Å². The molecule has 0 bridgehead atoms. The molecule has 3 aliphatic carbocycles. The van der Waals surface area contributed by atoms with E-state index in [2.05, 4.69) is 266 Å². The molecule has 1 unspecified atom stereocenters. The summed E-state index contributed by atoms with van der Waals surface area (Å²) in [5, 5.41) is 4.78. The van der Waals surface area contributed by atoms with E-state index in [1.54, 1.807) is 0 Å². The summed E-state index contributed by atoms with van der Waals surface area (Å²) in [6, 6.07) is 90.2. The zero-order valence-corrected chi connectivity index (χ0v) is 40.4. The number of aromatic nitrogens is 1. The van der Waals surface area contributed by atoms with Gasteiger partial charge in [0.05, 0.1) is 16.4 Å². The molecule has 1 spiro atoms. The number of rotatable bonds is 5. The SMILES string of the molecule is CC1(C)c2ccccc2-c2ccc(N(c3ccc(-c4cccc5c4-c4ccccc4C54c5ccccc5-c5cc6c(cc54)oc4ccccc46)cc3)c3ccc4c5ccccc5n(-c5ccccc5)c4c3)cc21. The second-order valence-corrected chi connectivity index (χ2v) is 20.7. The predicted molar refractivity (Wildman–Crippen MR) is 302 cm³/mol. The Kier molecular flexibility index (Phi) is 8.16. The standard InChI is InChI=1S/C70H46N2O/c1-69(2)58-25-11-6-19-49(58)51-37-35-46(39-62(51)69)71(47-36-38-53-52-21-9-14-29-64(52)72(65(53)40-47)44-17-4-3-5-18-44)45-33-31-43(32-34-45)48-24-16-28-61-68(48)55-23-8-13-27-60(55)70(61)59-26-12-7-20-50(59)56-41-57-54-22-10-15-30-66(54)73-67(57)42-63(56)70/h3-42H,1-2H3. The molecule has 0 aliphatic heterocycles. The van der Waals surface area contributed by atoms with Gasteiger partial charge in [-0.25, -0.2) is 0 Å². The van der Waals surface area contributed by atoms with Crippen LogP contribution in [-0.2, 0) is 10.8 Å². The first kappa shape index (κ1) is 40.5. The van der Waals surface area contributed by atoms with Crippen LogP contribution in [-0.4, -0.2) is 4.57 Å². The smallest absolute Gasteiger partial charge is 0.135 e. The Morgan fingerprint density at radius 3 is 1.75 bits per heavy atom. The third-order valence-corrected chi connectivity index (χ3v) is 16.8. The molecule has 1 atom stereocenters. The van der Waals surface area contributed by atoms with E-state index < -0.39 is 5.41 Å². The molecule has 0 saturated heterocycles. The summed E-state index contributed by atoms with van der Waals surface area (Å²) in [6.45, 7) is 4.74. The van der Waals surface area contributed by atoms with Gasteiger partial charge in [0.25, 0.3) is 0 Å². The summed E-state index contributed by atoms with van der Waals surface area (Å²) in [6.07, 6.45) is 0. The maximum Gasteiger partial charge on any atom is 0.135 e. The molecule has 0 N–H and O–H groups in total. The second-order valence-electron chi connectivity index (χ2n) is 20.7. The van der Waals surface area contributed by atoms with Crippen LogP contribution >= 0.6 is 0 Å². The van der Waals surface area contributed by atoms with Gasteiger partial charge in [-0.2, -0.15) is 0 Å². The average molecular weight is 931 g/mol. The maximum atomic E-state index is 6.64. The van der Waals surface area contributed by atoms with Crippen molar-refractivity contribution in [2.75, 3.05) is 4.90 Å². The Balaban J connectivity index is 0.885. The van der Waals surface area contributed by atoms with Gasteiger partial charge in [0, 0.05) is 49.7 Å². The van der Waals surface area contributed by atoms with Crippen molar-refractivity contribution in [2.24, 2.45) is 0 Å². The molecule has 2 aromatic heterocycles. The summed E-state index contributed by atoms with van der Waals surface area (Å²) in [5.74, 6) is 0. The third-order valence-electron chi connectivity index (χ3n) is 16.8. The molecular formula is C70H46N2O. The molecule has 13 aromatic rings. The van der Waals surface area contributed by atoms with Crippen molar-refractivity contribution in [2.45, 2.75) is 24.7 Å². The van der Waals surface area contributed by atoms with Crippen LogP contribution in [0, 0.1) is 0 Å². The highest BCUT2D eigenvalue weighted by Crippen LogP contribution is 2.65. The summed E-state index contributed by atoms with van der Waals surface area (Å²) >= 11 is 0. The lowest BCUT2D eigenvalue weighted by Crippen LogP contribution is -2.25. The van der Waals surface area contributed by atoms with Gasteiger partial charge < -0.3 is 13.9 Å². The number of furan rings is 1. The van der Waals surface area contributed by atoms with E-state index >= 15 is 0 Å². The highest BCUT2D eigenvalue weighted by atomic mass is 16.3. The van der Waals surface area contributed by atoms with Gasteiger partial charge in [-0.15, -0.1) is 0 Å². The Hall–Kier alpha value is -9.18. The molecule has 0 amide bonds. The molecule has 342 valence electrons. The number of fused-ring (bicyclic) bond motifs is 19. The molecule has 11 aromatic carbocycles. The third kappa shape index (κ3) is 5.38. The van der Waals surface area contributed by atoms with Crippen LogP contribution < -0.4 is 4.90 Å². The van der Waals surface area contributed by atoms with Gasteiger partial charge in [-0.05, 0) is 151 Å². The Labute approximate surface area is 423 Å². The van der Waals surface area contributed by atoms with Crippen molar-refractivity contribution < 1.29 is 4.42 Å². The van der Waals surface area contributed by atoms with E-state index in [0.717, 1.165) is 44.7 Å². The van der Waals surface area contributed by atoms with Crippen LogP contribution in [0.1, 0.15) is 47.2 Å². The average Bonchev–Trinajstić information content (AvgIpc) is 4.20. The minimum atomic E-state index is -0.514. The van der Waals surface area contributed by atoms with E-state index in [9.17, 15) is 0 Å². The lowest BCUT2D eigenvalue weighted by atomic mass is 9.70. The quantitative estimate of drug-likeness (QED) is 0.171. The van der Waals surface area contributed by atoms with Crippen molar-refractivity contribution >= 4 is 60.8 Å². The van der Waals surface area contributed by atoms with Crippen LogP contribution in [0.5, 0.6) is 0 Å². The van der Waals surface area contributed by atoms with Crippen LogP contribution in [0.3, 0.4) is 0 Å². The molecule has 16 rings (SSSR count). The number of hydrogen-bond acceptors (Lipinski definition) is 2. The minimum absolute atomic E-state index is 0.152. The lowest BCUT2D eigenvalue weighted by Gasteiger charge is -2.30. The van der Waals surface area contributed by atoms with E-state index in [1.165, 1.54) is 99.7 Å². The fourth-order valence-corrected chi connectivity index (χ4v) is 13.7. The monoisotopic (exact) mass is 930 g/mol. The Bertz CT molecular complexity index is 4470. The van der Waals surface area contributed by atoms with Crippen LogP contribution in [0.4, 0.5) is 17.1 Å². The van der Waals surface area contributed by atoms with Crippen molar-refractivity contribution in [3.8, 4) is 50.2 Å². The number of para-hydroxylation sites is 3. The molecule has 0 saturated carbocycles. The summed E-state index contributed by atoms with van der Waals surface area (Å²) < 4.78 is 9.06. The molecule has 0 radical (unpaired) electrons. The summed E-state index contributed by atoms with van der Waals surface area (Å²) in [7, 11) is 0. The van der Waals surface area contributed by atoms with E-state index in [-0.39, 0.29) is 5.41 Å². The molecule has 3 nitrogen and oxygen atoms in total. The minimum Gasteiger partial charge on any atom is -0.456 e. The van der Waals surface area contributed by atoms with Gasteiger partial charge in [0.15, 0.2) is 0 Å². The molecule has 0 fully saturated rings. The summed E-state index contributed by atoms with van der Waals surface area (Å²) in [4.78, 5) is 2.46. The predicted octanol–water partition coefficient (Wildman–Crippen LogP) is 18.5. The molecule has 3 heteroatoms. The van der Waals surface area contributed by atoms with Gasteiger partial charge in [0.1, 0.15) is 11.2 Å². The highest BCUT2D eigenvalue weighted by molar-refractivity contribution is 6.11. The van der Waals surface area contributed by atoms with Gasteiger partial charge >= 0.3 is 0 Å². The summed E-state index contributed by atoms with van der Waals surface area (Å²) in [5.41, 5.74) is 26.1. The molecular weight excluding hydrogens is 885 g/mol. The number of hydrogen-bond donors (Lipinski definition) is 0. The fraction of sp³-hybridized carbons (Fsp3) is 0.0571. The van der Waals surface area contributed by atoms with E-state index in [4.69, 9.17) is 4.42 Å². The first-order chi connectivity index (χ1) is 36.0. The van der Waals surface area contributed by atoms with Crippen molar-refractivity contribution in [3.63, 3.8) is 0 Å². The zero-order chi connectivity index (χ0) is 48.2. The van der Waals surface area contributed by atoms with Crippen molar-refractivity contribution in [1.82, 2.24) is 4.57 Å². The number of anilines is 3. The first-order valence-corrected chi connectivity index (χ1v) is 25.5. The Morgan fingerprint density at radius 2 is 0.932 bits per heavy atom. The topological polar surface area (TPSA) is 21.3 Å².